The number of halogens is 1. The van der Waals surface area contributed by atoms with Crippen molar-refractivity contribution < 1.29 is 0 Å². The summed E-state index contributed by atoms with van der Waals surface area (Å²) in [7, 11) is 1.96. The molecule has 3 rings (SSSR count). The lowest BCUT2D eigenvalue weighted by Gasteiger charge is -2.14. The molecule has 1 atom stereocenters. The topological polar surface area (TPSA) is 27.8 Å². The van der Waals surface area contributed by atoms with Crippen LogP contribution >= 0.6 is 22.9 Å². The third kappa shape index (κ3) is 1.85. The van der Waals surface area contributed by atoms with Crippen molar-refractivity contribution in [2.45, 2.75) is 6.04 Å². The second-order valence-electron chi connectivity index (χ2n) is 4.14. The standard InChI is InChI=1S/C14H13ClN2S/c1-16-13(14-11(15)6-7-18-14)10-8-17-12-5-3-2-4-9(10)12/h2-8,13,16-17H,1H3. The Bertz CT molecular complexity index is 671. The van der Waals surface area contributed by atoms with Crippen LogP contribution < -0.4 is 5.32 Å². The molecule has 2 nitrogen and oxygen atoms in total. The van der Waals surface area contributed by atoms with Gasteiger partial charge in [-0.05, 0) is 30.1 Å². The monoisotopic (exact) mass is 276 g/mol. The number of rotatable bonds is 3. The van der Waals surface area contributed by atoms with Crippen molar-refractivity contribution in [2.24, 2.45) is 0 Å². The summed E-state index contributed by atoms with van der Waals surface area (Å²) in [5, 5.41) is 7.43. The van der Waals surface area contributed by atoms with Gasteiger partial charge in [0.1, 0.15) is 0 Å². The van der Waals surface area contributed by atoms with Gasteiger partial charge in [-0.3, -0.25) is 0 Å². The minimum Gasteiger partial charge on any atom is -0.361 e. The normalized spacial score (nSPS) is 13.0. The van der Waals surface area contributed by atoms with Crippen LogP contribution in [0.15, 0.2) is 41.9 Å². The molecule has 0 fully saturated rings. The molecule has 0 saturated carbocycles. The Hall–Kier alpha value is -1.29. The van der Waals surface area contributed by atoms with Crippen LogP contribution in [-0.2, 0) is 0 Å². The molecule has 18 heavy (non-hydrogen) atoms. The molecule has 0 spiro atoms. The van der Waals surface area contributed by atoms with Crippen LogP contribution in [0.2, 0.25) is 5.02 Å². The van der Waals surface area contributed by atoms with Gasteiger partial charge in [-0.25, -0.2) is 0 Å². The molecule has 2 aromatic heterocycles. The van der Waals surface area contributed by atoms with Crippen LogP contribution in [0.5, 0.6) is 0 Å². The molecule has 3 aromatic rings. The average Bonchev–Trinajstić information content (AvgIpc) is 2.99. The number of nitrogens with one attached hydrogen (secondary N) is 2. The summed E-state index contributed by atoms with van der Waals surface area (Å²) in [6.45, 7) is 0. The predicted octanol–water partition coefficient (Wildman–Crippen LogP) is 4.19. The second kappa shape index (κ2) is 4.76. The Morgan fingerprint density at radius 3 is 2.83 bits per heavy atom. The van der Waals surface area contributed by atoms with Gasteiger partial charge in [0.15, 0.2) is 0 Å². The highest BCUT2D eigenvalue weighted by molar-refractivity contribution is 7.10. The van der Waals surface area contributed by atoms with E-state index in [9.17, 15) is 0 Å². The molecule has 0 bridgehead atoms. The first-order chi connectivity index (χ1) is 8.81. The summed E-state index contributed by atoms with van der Waals surface area (Å²) in [5.74, 6) is 0. The third-order valence-electron chi connectivity index (χ3n) is 3.13. The SMILES string of the molecule is CNC(c1sccc1Cl)c1c[nH]c2ccccc12. The minimum absolute atomic E-state index is 0.133. The van der Waals surface area contributed by atoms with E-state index in [1.165, 1.54) is 10.9 Å². The number of hydrogen-bond donors (Lipinski definition) is 2. The summed E-state index contributed by atoms with van der Waals surface area (Å²) in [6, 6.07) is 10.4. The first kappa shape index (κ1) is 11.8. The number of aromatic amines is 1. The van der Waals surface area contributed by atoms with Crippen molar-refractivity contribution in [3.63, 3.8) is 0 Å². The highest BCUT2D eigenvalue weighted by Gasteiger charge is 2.19. The van der Waals surface area contributed by atoms with Gasteiger partial charge in [-0.2, -0.15) is 0 Å². The molecular formula is C14H13ClN2S. The van der Waals surface area contributed by atoms with E-state index in [1.54, 1.807) is 11.3 Å². The fraction of sp³-hybridized carbons (Fsp3) is 0.143. The first-order valence-electron chi connectivity index (χ1n) is 5.77. The van der Waals surface area contributed by atoms with Gasteiger partial charge in [0.05, 0.1) is 11.1 Å². The highest BCUT2D eigenvalue weighted by atomic mass is 35.5. The van der Waals surface area contributed by atoms with E-state index in [-0.39, 0.29) is 6.04 Å². The maximum Gasteiger partial charge on any atom is 0.0704 e. The van der Waals surface area contributed by atoms with E-state index < -0.39 is 0 Å². The number of thiophene rings is 1. The maximum atomic E-state index is 6.24. The van der Waals surface area contributed by atoms with Gasteiger partial charge in [0.2, 0.25) is 0 Å². The lowest BCUT2D eigenvalue weighted by Crippen LogP contribution is -2.16. The van der Waals surface area contributed by atoms with E-state index in [2.05, 4.69) is 34.7 Å². The van der Waals surface area contributed by atoms with Gasteiger partial charge in [-0.1, -0.05) is 29.8 Å². The largest absolute Gasteiger partial charge is 0.361 e. The summed E-state index contributed by atoms with van der Waals surface area (Å²) >= 11 is 7.92. The molecular weight excluding hydrogens is 264 g/mol. The van der Waals surface area contributed by atoms with Crippen molar-refractivity contribution in [2.75, 3.05) is 7.05 Å². The molecule has 1 aromatic carbocycles. The highest BCUT2D eigenvalue weighted by Crippen LogP contribution is 2.35. The van der Waals surface area contributed by atoms with Crippen molar-refractivity contribution in [3.8, 4) is 0 Å². The molecule has 0 aliphatic carbocycles. The van der Waals surface area contributed by atoms with E-state index >= 15 is 0 Å². The smallest absolute Gasteiger partial charge is 0.0704 e. The van der Waals surface area contributed by atoms with Crippen LogP contribution in [0, 0.1) is 0 Å². The van der Waals surface area contributed by atoms with Gasteiger partial charge in [-0.15, -0.1) is 11.3 Å². The van der Waals surface area contributed by atoms with Crippen LogP contribution in [0.3, 0.4) is 0 Å². The van der Waals surface area contributed by atoms with Crippen molar-refractivity contribution >= 4 is 33.8 Å². The maximum absolute atomic E-state index is 6.24. The van der Waals surface area contributed by atoms with E-state index in [0.717, 1.165) is 15.4 Å². The Kier molecular flexibility index (Phi) is 3.12. The Morgan fingerprint density at radius 1 is 1.28 bits per heavy atom. The quantitative estimate of drug-likeness (QED) is 0.737. The van der Waals surface area contributed by atoms with E-state index in [4.69, 9.17) is 11.6 Å². The van der Waals surface area contributed by atoms with Crippen LogP contribution in [0.25, 0.3) is 10.9 Å². The summed E-state index contributed by atoms with van der Waals surface area (Å²) in [5.41, 5.74) is 2.39. The summed E-state index contributed by atoms with van der Waals surface area (Å²) in [4.78, 5) is 4.46. The fourth-order valence-electron chi connectivity index (χ4n) is 2.27. The lowest BCUT2D eigenvalue weighted by atomic mass is 10.0. The number of benzene rings is 1. The number of H-pyrrole nitrogens is 1. The molecule has 0 saturated heterocycles. The molecule has 0 amide bonds. The van der Waals surface area contributed by atoms with Crippen LogP contribution in [-0.4, -0.2) is 12.0 Å². The molecule has 0 radical (unpaired) electrons. The Balaban J connectivity index is 2.15. The zero-order chi connectivity index (χ0) is 12.5. The number of fused-ring (bicyclic) bond motifs is 1. The van der Waals surface area contributed by atoms with Gasteiger partial charge in [0.25, 0.3) is 0 Å². The third-order valence-corrected chi connectivity index (χ3v) is 4.55. The van der Waals surface area contributed by atoms with E-state index in [1.807, 2.05) is 24.6 Å². The van der Waals surface area contributed by atoms with Crippen LogP contribution in [0.4, 0.5) is 0 Å². The molecule has 0 aliphatic heterocycles. The molecule has 2 N–H and O–H groups in total. The zero-order valence-electron chi connectivity index (χ0n) is 9.91. The van der Waals surface area contributed by atoms with E-state index in [0.29, 0.717) is 0 Å². The number of hydrogen-bond acceptors (Lipinski definition) is 2. The Labute approximate surface area is 115 Å². The molecule has 1 unspecified atom stereocenters. The van der Waals surface area contributed by atoms with Gasteiger partial charge >= 0.3 is 0 Å². The van der Waals surface area contributed by atoms with Gasteiger partial charge in [0, 0.05) is 22.0 Å². The zero-order valence-corrected chi connectivity index (χ0v) is 11.5. The minimum atomic E-state index is 0.133. The molecule has 92 valence electrons. The Morgan fingerprint density at radius 2 is 2.11 bits per heavy atom. The number of para-hydroxylation sites is 1. The second-order valence-corrected chi connectivity index (χ2v) is 5.50. The predicted molar refractivity (Wildman–Crippen MR) is 78.5 cm³/mol. The lowest BCUT2D eigenvalue weighted by molar-refractivity contribution is 0.709. The molecule has 0 aliphatic rings. The average molecular weight is 277 g/mol. The van der Waals surface area contributed by atoms with Gasteiger partial charge < -0.3 is 10.3 Å². The first-order valence-corrected chi connectivity index (χ1v) is 7.03. The summed E-state index contributed by atoms with van der Waals surface area (Å²) in [6.07, 6.45) is 2.06. The fourth-order valence-corrected chi connectivity index (χ4v) is 3.56. The van der Waals surface area contributed by atoms with Crippen LogP contribution in [0.1, 0.15) is 16.5 Å². The number of aromatic nitrogens is 1. The van der Waals surface area contributed by atoms with Crippen molar-refractivity contribution in [1.82, 2.24) is 10.3 Å². The molecule has 4 heteroatoms. The summed E-state index contributed by atoms with van der Waals surface area (Å²) < 4.78 is 0. The van der Waals surface area contributed by atoms with Crippen molar-refractivity contribution in [1.29, 1.82) is 0 Å². The molecule has 2 heterocycles. The van der Waals surface area contributed by atoms with Crippen molar-refractivity contribution in [3.05, 3.63) is 57.4 Å².